The van der Waals surface area contributed by atoms with Gasteiger partial charge in [-0.25, -0.2) is 0 Å². The molecule has 0 aliphatic rings. The van der Waals surface area contributed by atoms with Crippen LogP contribution in [0, 0.1) is 6.79 Å². The molecule has 0 aliphatic carbocycles. The van der Waals surface area contributed by atoms with Crippen LogP contribution in [0.2, 0.25) is 0 Å². The van der Waals surface area contributed by atoms with Crippen molar-refractivity contribution in [2.45, 2.75) is 6.92 Å². The van der Waals surface area contributed by atoms with E-state index in [1.165, 1.54) is 6.79 Å². The van der Waals surface area contributed by atoms with Crippen LogP contribution in [0.25, 0.3) is 0 Å². The third-order valence-electron chi connectivity index (χ3n) is 0.331. The van der Waals surface area contributed by atoms with E-state index < -0.39 is 0 Å². The number of ether oxygens (including phenoxy) is 1. The van der Waals surface area contributed by atoms with Crippen LogP contribution in [-0.2, 0) is 9.16 Å². The second-order valence-electron chi connectivity index (χ2n) is 2.13. The monoisotopic (exact) mass is 164 g/mol. The molecule has 0 spiro atoms. The highest BCUT2D eigenvalue weighted by Crippen LogP contribution is 1.76. The number of nitrogens with zero attached hydrogens (tertiary/aromatic N) is 1. The molecule has 0 atom stereocenters. The van der Waals surface area contributed by atoms with Gasteiger partial charge in [-0.1, -0.05) is 0 Å². The molecule has 0 heterocycles. The van der Waals surface area contributed by atoms with Crippen molar-refractivity contribution in [3.05, 3.63) is 6.79 Å². The zero-order chi connectivity index (χ0) is 8.41. The number of hydrogen-bond acceptors (Lipinski definition) is 3. The molecule has 10 heavy (non-hydrogen) atoms. The Hall–Kier alpha value is 0.0969. The summed E-state index contributed by atoms with van der Waals surface area (Å²) >= 11 is 0. The molecule has 0 fully saturated rings. The van der Waals surface area contributed by atoms with Crippen molar-refractivity contribution in [3.63, 3.8) is 0 Å². The van der Waals surface area contributed by atoms with E-state index in [4.69, 9.17) is 0 Å². The summed E-state index contributed by atoms with van der Waals surface area (Å²) < 4.78 is 9.24. The number of rotatable bonds is 3. The Balaban J connectivity index is 0. The topological polar surface area (TPSA) is 21.7 Å². The fourth-order valence-corrected chi connectivity index (χ4v) is 0.272. The molecular weight excluding hydrogens is 146 g/mol. The van der Waals surface area contributed by atoms with Crippen LogP contribution in [0.3, 0.4) is 0 Å². The first-order chi connectivity index (χ1) is 4.65. The summed E-state index contributed by atoms with van der Waals surface area (Å²) in [5.74, 6) is 0. The molecule has 0 aromatic rings. The molecule has 0 rings (SSSR count). The van der Waals surface area contributed by atoms with Gasteiger partial charge in [0.05, 0.1) is 0 Å². The van der Waals surface area contributed by atoms with Crippen LogP contribution < -0.4 is 0 Å². The molecule has 0 amide bonds. The maximum Gasteiger partial charge on any atom is 0.198 e. The minimum Gasteiger partial charge on any atom is -0.400 e. The molecule has 0 aromatic carbocycles. The van der Waals surface area contributed by atoms with Crippen molar-refractivity contribution in [3.8, 4) is 0 Å². The molecule has 1 radical (unpaired) electrons. The lowest BCUT2D eigenvalue weighted by molar-refractivity contribution is 0.108. The Labute approximate surface area is 66.9 Å². The smallest absolute Gasteiger partial charge is 0.198 e. The Morgan fingerprint density at radius 2 is 1.80 bits per heavy atom. The van der Waals surface area contributed by atoms with E-state index in [9.17, 15) is 0 Å². The lowest BCUT2D eigenvalue weighted by Crippen LogP contribution is -1.99. The summed E-state index contributed by atoms with van der Waals surface area (Å²) in [5, 5.41) is 0. The minimum atomic E-state index is 0.697. The summed E-state index contributed by atoms with van der Waals surface area (Å²) in [6.07, 6.45) is 0. The fraction of sp³-hybridized carbons (Fsp3) is 0.833. The highest BCUT2D eigenvalue weighted by Gasteiger charge is 1.73. The molecule has 0 saturated carbocycles. The van der Waals surface area contributed by atoms with Crippen LogP contribution in [-0.4, -0.2) is 43.1 Å². The SMILES string of the molecule is CCO[CH]O[SiH3].CN(C)C. The van der Waals surface area contributed by atoms with Gasteiger partial charge in [-0.05, 0) is 28.1 Å². The molecule has 0 N–H and O–H groups in total. The standard InChI is InChI=1S/C3H9N.C3H9O2Si/c1-4(2)3;1-2-4-3-5-6/h1-3H3;3H,2H2,1,6H3. The van der Waals surface area contributed by atoms with Gasteiger partial charge in [-0.3, -0.25) is 0 Å². The van der Waals surface area contributed by atoms with E-state index in [1.807, 2.05) is 33.0 Å². The van der Waals surface area contributed by atoms with Crippen molar-refractivity contribution in [1.82, 2.24) is 4.90 Å². The molecule has 0 aliphatic heterocycles. The normalized spacial score (nSPS) is 9.30. The van der Waals surface area contributed by atoms with Gasteiger partial charge in [-0.2, -0.15) is 0 Å². The van der Waals surface area contributed by atoms with Crippen molar-refractivity contribution in [1.29, 1.82) is 0 Å². The van der Waals surface area contributed by atoms with Crippen LogP contribution >= 0.6 is 0 Å². The second-order valence-corrected chi connectivity index (χ2v) is 2.60. The van der Waals surface area contributed by atoms with Crippen molar-refractivity contribution in [2.75, 3.05) is 27.7 Å². The predicted molar refractivity (Wildman–Crippen MR) is 46.6 cm³/mol. The summed E-state index contributed by atoms with van der Waals surface area (Å²) in [7, 11) is 6.72. The average molecular weight is 164 g/mol. The van der Waals surface area contributed by atoms with E-state index in [0.717, 1.165) is 10.5 Å². The first kappa shape index (κ1) is 12.7. The van der Waals surface area contributed by atoms with E-state index in [2.05, 4.69) is 9.16 Å². The Morgan fingerprint density at radius 3 is 1.90 bits per heavy atom. The average Bonchev–Trinajstić information content (AvgIpc) is 1.82. The molecule has 4 heteroatoms. The third-order valence-corrected chi connectivity index (χ3v) is 0.523. The maximum atomic E-state index is 4.67. The maximum absolute atomic E-state index is 4.67. The summed E-state index contributed by atoms with van der Waals surface area (Å²) in [4.78, 5) is 2.00. The zero-order valence-electron chi connectivity index (χ0n) is 7.55. The van der Waals surface area contributed by atoms with Gasteiger partial charge in [-0.15, -0.1) is 0 Å². The van der Waals surface area contributed by atoms with Gasteiger partial charge in [0.2, 0.25) is 0 Å². The highest BCUT2D eigenvalue weighted by atomic mass is 28.2. The first-order valence-electron chi connectivity index (χ1n) is 3.22. The van der Waals surface area contributed by atoms with Gasteiger partial charge in [0.15, 0.2) is 6.79 Å². The van der Waals surface area contributed by atoms with Gasteiger partial charge in [0.1, 0.15) is 10.5 Å². The van der Waals surface area contributed by atoms with E-state index >= 15 is 0 Å². The second kappa shape index (κ2) is 11.8. The van der Waals surface area contributed by atoms with Gasteiger partial charge >= 0.3 is 0 Å². The van der Waals surface area contributed by atoms with Crippen molar-refractivity contribution < 1.29 is 9.16 Å². The van der Waals surface area contributed by atoms with Gasteiger partial charge in [0, 0.05) is 6.61 Å². The molecule has 0 saturated heterocycles. The van der Waals surface area contributed by atoms with Crippen LogP contribution in [0.4, 0.5) is 0 Å². The summed E-state index contributed by atoms with van der Waals surface area (Å²) in [6, 6.07) is 0. The largest absolute Gasteiger partial charge is 0.400 e. The fourth-order valence-electron chi connectivity index (χ4n) is 0.136. The summed E-state index contributed by atoms with van der Waals surface area (Å²) in [5.41, 5.74) is 0. The van der Waals surface area contributed by atoms with Crippen LogP contribution in [0.15, 0.2) is 0 Å². The van der Waals surface area contributed by atoms with Gasteiger partial charge in [0.25, 0.3) is 0 Å². The third kappa shape index (κ3) is 42.5. The molecule has 0 bridgehead atoms. The van der Waals surface area contributed by atoms with E-state index in [-0.39, 0.29) is 0 Å². The van der Waals surface area contributed by atoms with E-state index in [1.54, 1.807) is 0 Å². The van der Waals surface area contributed by atoms with Crippen molar-refractivity contribution >= 4 is 10.5 Å². The molecular formula is C6H18NO2Si. The number of hydrogen-bond donors (Lipinski definition) is 0. The Kier molecular flexibility index (Phi) is 15.1. The zero-order valence-corrected chi connectivity index (χ0v) is 9.55. The molecule has 0 unspecified atom stereocenters. The predicted octanol–water partition coefficient (Wildman–Crippen LogP) is -0.383. The van der Waals surface area contributed by atoms with Gasteiger partial charge < -0.3 is 14.1 Å². The van der Waals surface area contributed by atoms with Crippen LogP contribution in [0.5, 0.6) is 0 Å². The van der Waals surface area contributed by atoms with Crippen LogP contribution in [0.1, 0.15) is 6.92 Å². The highest BCUT2D eigenvalue weighted by molar-refractivity contribution is 5.98. The van der Waals surface area contributed by atoms with E-state index in [0.29, 0.717) is 6.61 Å². The Morgan fingerprint density at radius 1 is 1.40 bits per heavy atom. The molecule has 3 nitrogen and oxygen atoms in total. The molecule has 0 aromatic heterocycles. The quantitative estimate of drug-likeness (QED) is 0.419. The molecule has 63 valence electrons. The lowest BCUT2D eigenvalue weighted by Gasteiger charge is -1.92. The minimum absolute atomic E-state index is 0.697. The lowest BCUT2D eigenvalue weighted by atomic mass is 10.9. The van der Waals surface area contributed by atoms with Crippen molar-refractivity contribution in [2.24, 2.45) is 0 Å². The Bertz CT molecular complexity index is 46.3. The summed E-state index contributed by atoms with van der Waals surface area (Å²) in [6.45, 7) is 3.98. The first-order valence-corrected chi connectivity index (χ1v) is 4.03.